The van der Waals surface area contributed by atoms with Crippen LogP contribution in [0.4, 0.5) is 0 Å². The molecule has 0 atom stereocenters. The number of nitrogens with zero attached hydrogens (tertiary/aromatic N) is 2. The molecule has 1 aromatic carbocycles. The molecule has 3 rings (SSSR count). The average molecular weight is 339 g/mol. The molecule has 25 heavy (non-hydrogen) atoms. The summed E-state index contributed by atoms with van der Waals surface area (Å²) in [5.41, 5.74) is 2.20. The second-order valence-electron chi connectivity index (χ2n) is 8.21. The molecule has 0 aromatic heterocycles. The van der Waals surface area contributed by atoms with Crippen LogP contribution in [0.3, 0.4) is 0 Å². The van der Waals surface area contributed by atoms with Crippen LogP contribution in [0.5, 0.6) is 0 Å². The third-order valence-corrected chi connectivity index (χ3v) is 6.59. The molecule has 2 fully saturated rings. The van der Waals surface area contributed by atoms with Crippen molar-refractivity contribution < 1.29 is 0 Å². The molecule has 0 amide bonds. The van der Waals surface area contributed by atoms with Gasteiger partial charge in [0.2, 0.25) is 0 Å². The zero-order valence-corrected chi connectivity index (χ0v) is 15.9. The highest BCUT2D eigenvalue weighted by Gasteiger charge is 2.29. The van der Waals surface area contributed by atoms with Crippen LogP contribution in [0.2, 0.25) is 0 Å². The molecule has 1 aliphatic heterocycles. The predicted octanol–water partition coefficient (Wildman–Crippen LogP) is 5.88. The van der Waals surface area contributed by atoms with Crippen molar-refractivity contribution in [1.29, 1.82) is 5.26 Å². The number of nitriles is 1. The topological polar surface area (TPSA) is 27.0 Å². The molecule has 0 spiro atoms. The highest BCUT2D eigenvalue weighted by molar-refractivity contribution is 5.33. The molecular formula is C23H34N2. The van der Waals surface area contributed by atoms with Gasteiger partial charge in [0.15, 0.2) is 0 Å². The van der Waals surface area contributed by atoms with Crippen molar-refractivity contribution in [3.8, 4) is 6.07 Å². The Bertz CT molecular complexity index is 540. The second-order valence-corrected chi connectivity index (χ2v) is 8.21. The molecule has 2 aliphatic rings. The van der Waals surface area contributed by atoms with Crippen molar-refractivity contribution in [3.05, 3.63) is 35.4 Å². The van der Waals surface area contributed by atoms with Crippen LogP contribution >= 0.6 is 0 Å². The summed E-state index contributed by atoms with van der Waals surface area (Å²) in [6, 6.07) is 11.4. The third-order valence-electron chi connectivity index (χ3n) is 6.59. The van der Waals surface area contributed by atoms with Gasteiger partial charge in [-0.2, -0.15) is 5.26 Å². The summed E-state index contributed by atoms with van der Waals surface area (Å²) in [6.45, 7) is 4.82. The molecule has 0 unspecified atom stereocenters. The van der Waals surface area contributed by atoms with Gasteiger partial charge in [0.1, 0.15) is 0 Å². The van der Waals surface area contributed by atoms with Crippen molar-refractivity contribution >= 4 is 0 Å². The minimum absolute atomic E-state index is 0.689. The molecule has 0 radical (unpaired) electrons. The van der Waals surface area contributed by atoms with E-state index in [2.05, 4.69) is 30.0 Å². The van der Waals surface area contributed by atoms with E-state index >= 15 is 0 Å². The highest BCUT2D eigenvalue weighted by Crippen LogP contribution is 2.35. The molecule has 136 valence electrons. The normalized spacial score (nSPS) is 25.6. The SMILES string of the molecule is CCCCC[C@H]1CC[C@H](N2CCC(c3ccc(C#N)cc3)CC2)CC1. The van der Waals surface area contributed by atoms with Gasteiger partial charge in [-0.15, -0.1) is 0 Å². The standard InChI is InChI=1S/C23H34N2/c1-2-3-4-5-19-8-12-23(13-9-19)25-16-14-22(15-17-25)21-10-6-20(18-24)7-11-21/h6-7,10-11,19,22-23H,2-5,8-9,12-17H2,1H3/t19-,23-. The summed E-state index contributed by atoms with van der Waals surface area (Å²) in [5, 5.41) is 8.94. The quantitative estimate of drug-likeness (QED) is 0.606. The summed E-state index contributed by atoms with van der Waals surface area (Å²) in [4.78, 5) is 2.78. The average Bonchev–Trinajstić information content (AvgIpc) is 2.69. The molecule has 1 aromatic rings. The van der Waals surface area contributed by atoms with Crippen molar-refractivity contribution in [2.75, 3.05) is 13.1 Å². The van der Waals surface area contributed by atoms with Crippen molar-refractivity contribution in [3.63, 3.8) is 0 Å². The van der Waals surface area contributed by atoms with Crippen LogP contribution in [0, 0.1) is 17.2 Å². The third kappa shape index (κ3) is 5.08. The van der Waals surface area contributed by atoms with E-state index in [-0.39, 0.29) is 0 Å². The van der Waals surface area contributed by atoms with E-state index in [1.165, 1.54) is 82.9 Å². The van der Waals surface area contributed by atoms with Gasteiger partial charge in [-0.3, -0.25) is 0 Å². The van der Waals surface area contributed by atoms with Crippen LogP contribution in [-0.4, -0.2) is 24.0 Å². The number of hydrogen-bond acceptors (Lipinski definition) is 2. The molecule has 2 nitrogen and oxygen atoms in total. The Balaban J connectivity index is 1.41. The lowest BCUT2D eigenvalue weighted by Gasteiger charge is -2.41. The maximum atomic E-state index is 8.94. The van der Waals surface area contributed by atoms with E-state index < -0.39 is 0 Å². The number of hydrogen-bond donors (Lipinski definition) is 0. The summed E-state index contributed by atoms with van der Waals surface area (Å²) in [6.07, 6.45) is 14.0. The number of rotatable bonds is 6. The molecular weight excluding hydrogens is 304 g/mol. The number of likely N-dealkylation sites (tertiary alicyclic amines) is 1. The van der Waals surface area contributed by atoms with E-state index in [0.29, 0.717) is 5.92 Å². The van der Waals surface area contributed by atoms with Crippen molar-refractivity contribution in [2.24, 2.45) is 5.92 Å². The molecule has 1 saturated heterocycles. The zero-order valence-electron chi connectivity index (χ0n) is 15.9. The van der Waals surface area contributed by atoms with E-state index in [0.717, 1.165) is 17.5 Å². The molecule has 1 heterocycles. The monoisotopic (exact) mass is 338 g/mol. The van der Waals surface area contributed by atoms with Crippen LogP contribution < -0.4 is 0 Å². The van der Waals surface area contributed by atoms with Gasteiger partial charge in [-0.1, -0.05) is 44.7 Å². The summed E-state index contributed by atoms with van der Waals surface area (Å²) < 4.78 is 0. The Morgan fingerprint density at radius 1 is 0.960 bits per heavy atom. The summed E-state index contributed by atoms with van der Waals surface area (Å²) >= 11 is 0. The van der Waals surface area contributed by atoms with Gasteiger partial charge in [0.25, 0.3) is 0 Å². The lowest BCUT2D eigenvalue weighted by atomic mass is 9.81. The van der Waals surface area contributed by atoms with E-state index in [4.69, 9.17) is 5.26 Å². The van der Waals surface area contributed by atoms with Gasteiger partial charge < -0.3 is 4.90 Å². The smallest absolute Gasteiger partial charge is 0.0991 e. The van der Waals surface area contributed by atoms with Crippen LogP contribution in [-0.2, 0) is 0 Å². The zero-order chi connectivity index (χ0) is 17.5. The molecule has 1 saturated carbocycles. The molecule has 0 bridgehead atoms. The minimum atomic E-state index is 0.689. The Morgan fingerprint density at radius 2 is 1.64 bits per heavy atom. The number of unbranched alkanes of at least 4 members (excludes halogenated alkanes) is 2. The first kappa shape index (κ1) is 18.5. The molecule has 1 aliphatic carbocycles. The van der Waals surface area contributed by atoms with Gasteiger partial charge in [0, 0.05) is 6.04 Å². The van der Waals surface area contributed by atoms with Gasteiger partial charge >= 0.3 is 0 Å². The first-order chi connectivity index (χ1) is 12.3. The van der Waals surface area contributed by atoms with Crippen LogP contribution in [0.1, 0.15) is 88.2 Å². The largest absolute Gasteiger partial charge is 0.300 e. The van der Waals surface area contributed by atoms with Gasteiger partial charge in [0.05, 0.1) is 11.6 Å². The van der Waals surface area contributed by atoms with Gasteiger partial charge in [-0.25, -0.2) is 0 Å². The van der Waals surface area contributed by atoms with Crippen molar-refractivity contribution in [2.45, 2.75) is 83.1 Å². The fourth-order valence-corrected chi connectivity index (χ4v) is 4.91. The van der Waals surface area contributed by atoms with E-state index in [1.807, 2.05) is 12.1 Å². The summed E-state index contributed by atoms with van der Waals surface area (Å²) in [5.74, 6) is 1.70. The lowest BCUT2D eigenvalue weighted by molar-refractivity contribution is 0.105. The minimum Gasteiger partial charge on any atom is -0.300 e. The Hall–Kier alpha value is -1.33. The highest BCUT2D eigenvalue weighted by atomic mass is 15.2. The maximum absolute atomic E-state index is 8.94. The lowest BCUT2D eigenvalue weighted by Crippen LogP contribution is -2.42. The number of benzene rings is 1. The fraction of sp³-hybridized carbons (Fsp3) is 0.696. The predicted molar refractivity (Wildman–Crippen MR) is 105 cm³/mol. The number of piperidine rings is 1. The Morgan fingerprint density at radius 3 is 2.24 bits per heavy atom. The van der Waals surface area contributed by atoms with Crippen LogP contribution in [0.15, 0.2) is 24.3 Å². The van der Waals surface area contributed by atoms with E-state index in [9.17, 15) is 0 Å². The van der Waals surface area contributed by atoms with E-state index in [1.54, 1.807) is 0 Å². The van der Waals surface area contributed by atoms with Crippen molar-refractivity contribution in [1.82, 2.24) is 4.90 Å². The first-order valence-electron chi connectivity index (χ1n) is 10.5. The Labute approximate surface area is 154 Å². The first-order valence-corrected chi connectivity index (χ1v) is 10.5. The van der Waals surface area contributed by atoms with Crippen LogP contribution in [0.25, 0.3) is 0 Å². The second kappa shape index (κ2) is 9.39. The molecule has 2 heteroatoms. The molecule has 0 N–H and O–H groups in total. The Kier molecular flexibility index (Phi) is 6.93. The van der Waals surface area contributed by atoms with Gasteiger partial charge in [-0.05, 0) is 81.1 Å². The fourth-order valence-electron chi connectivity index (χ4n) is 4.91. The summed E-state index contributed by atoms with van der Waals surface area (Å²) in [7, 11) is 0. The maximum Gasteiger partial charge on any atom is 0.0991 e.